The van der Waals surface area contributed by atoms with Crippen LogP contribution in [0.5, 0.6) is 0 Å². The maximum absolute atomic E-state index is 11.2. The number of hydrogen-bond donors (Lipinski definition) is 0. The predicted molar refractivity (Wildman–Crippen MR) is 76.1 cm³/mol. The lowest BCUT2D eigenvalue weighted by molar-refractivity contribution is 0.112. The highest BCUT2D eigenvalue weighted by Crippen LogP contribution is 2.36. The van der Waals surface area contributed by atoms with Crippen molar-refractivity contribution in [2.45, 2.75) is 31.7 Å². The van der Waals surface area contributed by atoms with Gasteiger partial charge in [0.1, 0.15) is 5.69 Å². The Balaban J connectivity index is 2.03. The molecule has 3 nitrogen and oxygen atoms in total. The number of rotatable bonds is 3. The Morgan fingerprint density at radius 3 is 2.83 bits per heavy atom. The molecule has 0 atom stereocenters. The second-order valence-electron chi connectivity index (χ2n) is 4.57. The number of hydrogen-bond acceptors (Lipinski definition) is 3. The maximum atomic E-state index is 11.2. The fourth-order valence-electron chi connectivity index (χ4n) is 2.49. The number of halogens is 1. The summed E-state index contributed by atoms with van der Waals surface area (Å²) in [5.41, 5.74) is 1.49. The Morgan fingerprint density at radius 1 is 1.44 bits per heavy atom. The van der Waals surface area contributed by atoms with Crippen molar-refractivity contribution in [3.05, 3.63) is 27.7 Å². The summed E-state index contributed by atoms with van der Waals surface area (Å²) in [7, 11) is 0. The molecule has 0 saturated heterocycles. The third kappa shape index (κ3) is 2.06. The Hall–Kier alpha value is -0.940. The summed E-state index contributed by atoms with van der Waals surface area (Å²) in [4.78, 5) is 12.2. The summed E-state index contributed by atoms with van der Waals surface area (Å²) < 4.78 is 2.99. The summed E-state index contributed by atoms with van der Waals surface area (Å²) in [6, 6.07) is 2.46. The first-order valence-corrected chi connectivity index (χ1v) is 7.74. The monoisotopic (exact) mass is 324 g/mol. The van der Waals surface area contributed by atoms with Gasteiger partial charge in [0.25, 0.3) is 0 Å². The number of carbonyl (C=O) groups is 1. The minimum atomic E-state index is 0.469. The average Bonchev–Trinajstić information content (AvgIpc) is 3.07. The van der Waals surface area contributed by atoms with Gasteiger partial charge in [0, 0.05) is 10.7 Å². The van der Waals surface area contributed by atoms with E-state index in [9.17, 15) is 4.79 Å². The van der Waals surface area contributed by atoms with E-state index in [4.69, 9.17) is 0 Å². The highest BCUT2D eigenvalue weighted by atomic mass is 79.9. The second kappa shape index (κ2) is 4.97. The van der Waals surface area contributed by atoms with Gasteiger partial charge in [-0.15, -0.1) is 11.3 Å². The van der Waals surface area contributed by atoms with Crippen LogP contribution in [0.4, 0.5) is 0 Å². The van der Waals surface area contributed by atoms with Gasteiger partial charge in [-0.25, -0.2) is 0 Å². The zero-order valence-corrected chi connectivity index (χ0v) is 12.2. The molecule has 0 amide bonds. The molecule has 1 fully saturated rings. The van der Waals surface area contributed by atoms with Gasteiger partial charge in [-0.05, 0) is 40.2 Å². The van der Waals surface area contributed by atoms with Crippen molar-refractivity contribution < 1.29 is 4.79 Å². The second-order valence-corrected chi connectivity index (χ2v) is 6.34. The van der Waals surface area contributed by atoms with Gasteiger partial charge in [-0.2, -0.15) is 5.10 Å². The summed E-state index contributed by atoms with van der Waals surface area (Å²) in [5, 5.41) is 6.63. The molecule has 0 bridgehead atoms. The van der Waals surface area contributed by atoms with E-state index in [1.165, 1.54) is 25.7 Å². The smallest absolute Gasteiger partial charge is 0.153 e. The maximum Gasteiger partial charge on any atom is 0.153 e. The number of nitrogens with zero attached hydrogens (tertiary/aromatic N) is 2. The van der Waals surface area contributed by atoms with Crippen LogP contribution in [0.1, 0.15) is 42.1 Å². The molecule has 18 heavy (non-hydrogen) atoms. The van der Waals surface area contributed by atoms with Gasteiger partial charge in [0.05, 0.1) is 16.5 Å². The lowest BCUT2D eigenvalue weighted by Gasteiger charge is -2.08. The van der Waals surface area contributed by atoms with Crippen LogP contribution < -0.4 is 0 Å². The molecule has 0 aromatic carbocycles. The van der Waals surface area contributed by atoms with Crippen molar-refractivity contribution in [2.24, 2.45) is 0 Å². The average molecular weight is 325 g/mol. The van der Waals surface area contributed by atoms with Crippen LogP contribution in [-0.2, 0) is 0 Å². The number of aldehydes is 1. The third-order valence-electron chi connectivity index (χ3n) is 3.42. The van der Waals surface area contributed by atoms with Gasteiger partial charge in [0.2, 0.25) is 0 Å². The topological polar surface area (TPSA) is 34.9 Å². The molecular weight excluding hydrogens is 312 g/mol. The molecular formula is C13H13BrN2OS. The minimum Gasteiger partial charge on any atom is -0.298 e. The summed E-state index contributed by atoms with van der Waals surface area (Å²) in [6.07, 6.45) is 7.67. The molecule has 1 aliphatic carbocycles. The number of thiophene rings is 1. The zero-order valence-electron chi connectivity index (χ0n) is 9.80. The quantitative estimate of drug-likeness (QED) is 0.789. The Kier molecular flexibility index (Phi) is 3.35. The minimum absolute atomic E-state index is 0.469. The summed E-state index contributed by atoms with van der Waals surface area (Å²) in [5.74, 6) is 0. The SMILES string of the molecule is O=Cc1cn(C2CCCC2)nc1-c1sccc1Br. The first kappa shape index (κ1) is 12.1. The normalized spacial score (nSPS) is 16.3. The van der Waals surface area contributed by atoms with E-state index < -0.39 is 0 Å². The van der Waals surface area contributed by atoms with Crippen LogP contribution in [-0.4, -0.2) is 16.1 Å². The van der Waals surface area contributed by atoms with Crippen molar-refractivity contribution in [1.29, 1.82) is 0 Å². The first-order valence-electron chi connectivity index (χ1n) is 6.07. The number of carbonyl (C=O) groups excluding carboxylic acids is 1. The molecule has 0 spiro atoms. The van der Waals surface area contributed by atoms with Crippen molar-refractivity contribution in [3.8, 4) is 10.6 Å². The first-order chi connectivity index (χ1) is 8.79. The summed E-state index contributed by atoms with van der Waals surface area (Å²) in [6.45, 7) is 0. The highest BCUT2D eigenvalue weighted by molar-refractivity contribution is 9.10. The van der Waals surface area contributed by atoms with Crippen LogP contribution >= 0.6 is 27.3 Å². The van der Waals surface area contributed by atoms with Crippen LogP contribution in [0.25, 0.3) is 10.6 Å². The molecule has 5 heteroatoms. The predicted octanol–water partition coefficient (Wildman–Crippen LogP) is 4.30. The molecule has 0 radical (unpaired) electrons. The van der Waals surface area contributed by atoms with Gasteiger partial charge in [-0.3, -0.25) is 9.48 Å². The molecule has 0 unspecified atom stereocenters. The molecule has 0 aliphatic heterocycles. The highest BCUT2D eigenvalue weighted by Gasteiger charge is 2.21. The Labute approximate surface area is 118 Å². The lowest BCUT2D eigenvalue weighted by Crippen LogP contribution is -2.04. The van der Waals surface area contributed by atoms with E-state index in [0.29, 0.717) is 11.6 Å². The van der Waals surface area contributed by atoms with Crippen molar-refractivity contribution in [1.82, 2.24) is 9.78 Å². The Morgan fingerprint density at radius 2 is 2.22 bits per heavy atom. The van der Waals surface area contributed by atoms with Crippen molar-refractivity contribution in [3.63, 3.8) is 0 Å². The van der Waals surface area contributed by atoms with Crippen LogP contribution in [0.15, 0.2) is 22.1 Å². The van der Waals surface area contributed by atoms with E-state index in [-0.39, 0.29) is 0 Å². The van der Waals surface area contributed by atoms with E-state index in [1.807, 2.05) is 22.3 Å². The zero-order chi connectivity index (χ0) is 12.5. The summed E-state index contributed by atoms with van der Waals surface area (Å²) >= 11 is 5.11. The Bertz CT molecular complexity index is 569. The fourth-order valence-corrected chi connectivity index (χ4v) is 4.05. The standard InChI is InChI=1S/C13H13BrN2OS/c14-11-5-6-18-13(11)12-9(8-17)7-16(15-12)10-3-1-2-4-10/h5-8,10H,1-4H2. The molecule has 2 heterocycles. The van der Waals surface area contributed by atoms with Gasteiger partial charge < -0.3 is 0 Å². The molecule has 2 aromatic heterocycles. The third-order valence-corrected chi connectivity index (χ3v) is 5.26. The van der Waals surface area contributed by atoms with Gasteiger partial charge in [-0.1, -0.05) is 12.8 Å². The van der Waals surface area contributed by atoms with E-state index in [1.54, 1.807) is 11.3 Å². The van der Waals surface area contributed by atoms with E-state index >= 15 is 0 Å². The van der Waals surface area contributed by atoms with Crippen LogP contribution in [0.2, 0.25) is 0 Å². The fraction of sp³-hybridized carbons (Fsp3) is 0.385. The van der Waals surface area contributed by atoms with Crippen molar-refractivity contribution >= 4 is 33.6 Å². The molecule has 3 rings (SSSR count). The van der Waals surface area contributed by atoms with Crippen molar-refractivity contribution in [2.75, 3.05) is 0 Å². The molecule has 1 aliphatic rings. The number of aromatic nitrogens is 2. The lowest BCUT2D eigenvalue weighted by atomic mass is 10.2. The largest absolute Gasteiger partial charge is 0.298 e. The van der Waals surface area contributed by atoms with Gasteiger partial charge in [0.15, 0.2) is 6.29 Å². The molecule has 0 N–H and O–H groups in total. The van der Waals surface area contributed by atoms with Crippen LogP contribution in [0.3, 0.4) is 0 Å². The van der Waals surface area contributed by atoms with E-state index in [0.717, 1.165) is 21.3 Å². The molecule has 94 valence electrons. The molecule has 1 saturated carbocycles. The van der Waals surface area contributed by atoms with E-state index in [2.05, 4.69) is 21.0 Å². The van der Waals surface area contributed by atoms with Gasteiger partial charge >= 0.3 is 0 Å². The molecule has 2 aromatic rings. The van der Waals surface area contributed by atoms with Crippen LogP contribution in [0, 0.1) is 0 Å².